The van der Waals surface area contributed by atoms with Crippen LogP contribution in [0.5, 0.6) is 0 Å². The summed E-state index contributed by atoms with van der Waals surface area (Å²) in [5.41, 5.74) is 13.7. The van der Waals surface area contributed by atoms with Crippen molar-refractivity contribution in [3.05, 3.63) is 0 Å². The number of amides is 2. The second kappa shape index (κ2) is 8.23. The van der Waals surface area contributed by atoms with Crippen LogP contribution in [0.2, 0.25) is 0 Å². The molecule has 0 aromatic heterocycles. The van der Waals surface area contributed by atoms with Crippen LogP contribution in [0.15, 0.2) is 0 Å². The molecule has 62 valence electrons. The standard InChI is InChI=1S/C5H13N.CH4N2O/c1-5(2)3-4-6;2-1(3)4/h5H,3-4,6H2,1-2H3;(H4,2,3,4). The Morgan fingerprint density at radius 1 is 1.40 bits per heavy atom. The zero-order valence-electron chi connectivity index (χ0n) is 6.63. The monoisotopic (exact) mass is 147 g/mol. The summed E-state index contributed by atoms with van der Waals surface area (Å²) in [7, 11) is 0. The Kier molecular flexibility index (Phi) is 9.84. The minimum atomic E-state index is -0.833. The van der Waals surface area contributed by atoms with Gasteiger partial charge in [0.15, 0.2) is 0 Å². The van der Waals surface area contributed by atoms with Crippen LogP contribution >= 0.6 is 0 Å². The third kappa shape index (κ3) is 56.4. The minimum absolute atomic E-state index is 0.773. The molecule has 0 fully saturated rings. The zero-order chi connectivity index (χ0) is 8.57. The third-order valence-electron chi connectivity index (χ3n) is 0.744. The quantitative estimate of drug-likeness (QED) is 0.513. The van der Waals surface area contributed by atoms with Crippen LogP contribution in [0.4, 0.5) is 4.79 Å². The smallest absolute Gasteiger partial charge is 0.309 e. The van der Waals surface area contributed by atoms with Crippen molar-refractivity contribution in [2.75, 3.05) is 6.54 Å². The van der Waals surface area contributed by atoms with Crippen LogP contribution < -0.4 is 17.2 Å². The van der Waals surface area contributed by atoms with E-state index in [1.54, 1.807) is 0 Å². The largest absolute Gasteiger partial charge is 0.352 e. The molecule has 2 amide bonds. The maximum atomic E-state index is 9.00. The second-order valence-electron chi connectivity index (χ2n) is 2.37. The highest BCUT2D eigenvalue weighted by molar-refractivity contribution is 5.69. The molecule has 0 aliphatic carbocycles. The van der Waals surface area contributed by atoms with Gasteiger partial charge < -0.3 is 17.2 Å². The van der Waals surface area contributed by atoms with Crippen LogP contribution in [0.25, 0.3) is 0 Å². The highest BCUT2D eigenvalue weighted by Gasteiger charge is 1.85. The van der Waals surface area contributed by atoms with Crippen molar-refractivity contribution in [2.45, 2.75) is 20.3 Å². The number of hydrogen-bond acceptors (Lipinski definition) is 2. The number of carbonyl (C=O) groups excluding carboxylic acids is 1. The summed E-state index contributed by atoms with van der Waals surface area (Å²) in [4.78, 5) is 9.00. The number of rotatable bonds is 2. The number of carbonyl (C=O) groups is 1. The van der Waals surface area contributed by atoms with Crippen molar-refractivity contribution < 1.29 is 4.79 Å². The van der Waals surface area contributed by atoms with Crippen LogP contribution in [0.3, 0.4) is 0 Å². The van der Waals surface area contributed by atoms with Crippen molar-refractivity contribution in [1.29, 1.82) is 0 Å². The second-order valence-corrected chi connectivity index (χ2v) is 2.37. The summed E-state index contributed by atoms with van der Waals surface area (Å²) < 4.78 is 0. The lowest BCUT2D eigenvalue weighted by molar-refractivity contribution is 0.256. The molecule has 0 spiro atoms. The lowest BCUT2D eigenvalue weighted by Crippen LogP contribution is -2.18. The molecule has 4 heteroatoms. The number of primary amides is 2. The zero-order valence-corrected chi connectivity index (χ0v) is 6.63. The summed E-state index contributed by atoms with van der Waals surface area (Å²) in [6, 6.07) is -0.833. The van der Waals surface area contributed by atoms with E-state index in [9.17, 15) is 0 Å². The summed E-state index contributed by atoms with van der Waals surface area (Å²) in [6.07, 6.45) is 1.15. The van der Waals surface area contributed by atoms with E-state index in [1.165, 1.54) is 0 Å². The fourth-order valence-electron chi connectivity index (χ4n) is 0.333. The van der Waals surface area contributed by atoms with Gasteiger partial charge in [0.1, 0.15) is 0 Å². The van der Waals surface area contributed by atoms with E-state index in [2.05, 4.69) is 25.3 Å². The van der Waals surface area contributed by atoms with Gasteiger partial charge in [0, 0.05) is 0 Å². The van der Waals surface area contributed by atoms with Gasteiger partial charge in [0.25, 0.3) is 0 Å². The van der Waals surface area contributed by atoms with Crippen molar-refractivity contribution >= 4 is 6.03 Å². The van der Waals surface area contributed by atoms with Gasteiger partial charge >= 0.3 is 6.03 Å². The van der Waals surface area contributed by atoms with Crippen molar-refractivity contribution in [2.24, 2.45) is 23.1 Å². The SMILES string of the molecule is CC(C)CCN.NC(N)=O. The Morgan fingerprint density at radius 3 is 1.70 bits per heavy atom. The summed E-state index contributed by atoms with van der Waals surface area (Å²) in [5.74, 6) is 0.773. The normalized spacial score (nSPS) is 8.40. The van der Waals surface area contributed by atoms with Gasteiger partial charge in [-0.1, -0.05) is 13.8 Å². The van der Waals surface area contributed by atoms with Crippen molar-refractivity contribution in [3.8, 4) is 0 Å². The maximum absolute atomic E-state index is 9.00. The van der Waals surface area contributed by atoms with E-state index in [-0.39, 0.29) is 0 Å². The van der Waals surface area contributed by atoms with Gasteiger partial charge in [-0.2, -0.15) is 0 Å². The Balaban J connectivity index is 0. The molecule has 0 bridgehead atoms. The van der Waals surface area contributed by atoms with Gasteiger partial charge in [0.05, 0.1) is 0 Å². The molecule has 0 heterocycles. The van der Waals surface area contributed by atoms with Crippen molar-refractivity contribution in [3.63, 3.8) is 0 Å². The first-order valence-electron chi connectivity index (χ1n) is 3.25. The van der Waals surface area contributed by atoms with E-state index in [0.29, 0.717) is 0 Å². The molecule has 6 N–H and O–H groups in total. The van der Waals surface area contributed by atoms with E-state index in [1.807, 2.05) is 0 Å². The molecular weight excluding hydrogens is 130 g/mol. The average molecular weight is 147 g/mol. The molecule has 0 saturated carbocycles. The van der Waals surface area contributed by atoms with Gasteiger partial charge in [-0.25, -0.2) is 4.79 Å². The molecule has 10 heavy (non-hydrogen) atoms. The number of hydrogen-bond donors (Lipinski definition) is 3. The molecular formula is C6H17N3O. The first-order chi connectivity index (χ1) is 4.50. The fraction of sp³-hybridized carbons (Fsp3) is 0.833. The van der Waals surface area contributed by atoms with Crippen molar-refractivity contribution in [1.82, 2.24) is 0 Å². The van der Waals surface area contributed by atoms with Gasteiger partial charge in [-0.3, -0.25) is 0 Å². The predicted octanol–water partition coefficient (Wildman–Crippen LogP) is 0.0150. The average Bonchev–Trinajstić information content (AvgIpc) is 1.62. The van der Waals surface area contributed by atoms with Gasteiger partial charge in [-0.15, -0.1) is 0 Å². The molecule has 0 aliphatic rings. The highest BCUT2D eigenvalue weighted by atomic mass is 16.2. The van der Waals surface area contributed by atoms with Crippen LogP contribution in [-0.2, 0) is 0 Å². The Bertz CT molecular complexity index is 79.1. The van der Waals surface area contributed by atoms with E-state index >= 15 is 0 Å². The first kappa shape index (κ1) is 12.0. The maximum Gasteiger partial charge on any atom is 0.309 e. The molecule has 0 unspecified atom stereocenters. The highest BCUT2D eigenvalue weighted by Crippen LogP contribution is 1.93. The van der Waals surface area contributed by atoms with E-state index in [4.69, 9.17) is 10.5 Å². The third-order valence-corrected chi connectivity index (χ3v) is 0.744. The lowest BCUT2D eigenvalue weighted by atomic mass is 10.1. The number of nitrogens with two attached hydrogens (primary N) is 3. The summed E-state index contributed by atoms with van der Waals surface area (Å²) >= 11 is 0. The van der Waals surface area contributed by atoms with Crippen LogP contribution in [-0.4, -0.2) is 12.6 Å². The topological polar surface area (TPSA) is 95.1 Å². The Labute approximate surface area is 61.8 Å². The molecule has 0 aliphatic heterocycles. The summed E-state index contributed by atoms with van der Waals surface area (Å²) in [5, 5.41) is 0. The van der Waals surface area contributed by atoms with E-state index in [0.717, 1.165) is 18.9 Å². The molecule has 0 aromatic carbocycles. The predicted molar refractivity (Wildman–Crippen MR) is 42.3 cm³/mol. The fourth-order valence-corrected chi connectivity index (χ4v) is 0.333. The molecule has 0 aromatic rings. The van der Waals surface area contributed by atoms with Crippen LogP contribution in [0, 0.1) is 5.92 Å². The van der Waals surface area contributed by atoms with E-state index < -0.39 is 6.03 Å². The molecule has 0 radical (unpaired) electrons. The van der Waals surface area contributed by atoms with Crippen LogP contribution in [0.1, 0.15) is 20.3 Å². The minimum Gasteiger partial charge on any atom is -0.352 e. The Morgan fingerprint density at radius 2 is 1.70 bits per heavy atom. The van der Waals surface area contributed by atoms with Gasteiger partial charge in [-0.05, 0) is 18.9 Å². The molecule has 0 rings (SSSR count). The lowest BCUT2D eigenvalue weighted by Gasteiger charge is -1.96. The Hall–Kier alpha value is -0.770. The molecule has 0 saturated heterocycles. The first-order valence-corrected chi connectivity index (χ1v) is 3.25. The van der Waals surface area contributed by atoms with Gasteiger partial charge in [0.2, 0.25) is 0 Å². The summed E-state index contributed by atoms with van der Waals surface area (Å²) in [6.45, 7) is 5.18. The molecule has 4 nitrogen and oxygen atoms in total. The molecule has 0 atom stereocenters. The number of urea groups is 1.